The molecule has 0 aromatic heterocycles. The highest BCUT2D eigenvalue weighted by molar-refractivity contribution is 6.35. The van der Waals surface area contributed by atoms with Gasteiger partial charge < -0.3 is 10.6 Å². The van der Waals surface area contributed by atoms with Gasteiger partial charge >= 0.3 is 0 Å². The highest BCUT2D eigenvalue weighted by Gasteiger charge is 2.42. The van der Waals surface area contributed by atoms with Gasteiger partial charge in [-0.1, -0.05) is 29.6 Å². The Bertz CT molecular complexity index is 649. The van der Waals surface area contributed by atoms with Gasteiger partial charge in [0, 0.05) is 35.1 Å². The van der Waals surface area contributed by atoms with E-state index < -0.39 is 0 Å². The summed E-state index contributed by atoms with van der Waals surface area (Å²) in [4.78, 5) is 15.1. The zero-order valence-corrected chi connectivity index (χ0v) is 15.3. The van der Waals surface area contributed by atoms with Crippen LogP contribution in [0.4, 0.5) is 0 Å². The molecule has 4 rings (SSSR count). The van der Waals surface area contributed by atoms with Gasteiger partial charge in [-0.05, 0) is 67.2 Å². The van der Waals surface area contributed by atoms with E-state index >= 15 is 0 Å². The Kier molecular flexibility index (Phi) is 4.53. The third-order valence-electron chi connectivity index (χ3n) is 6.33. The lowest BCUT2D eigenvalue weighted by atomic mass is 9.65. The summed E-state index contributed by atoms with van der Waals surface area (Å²) in [5.74, 6) is 1.51. The number of fused-ring (bicyclic) bond motifs is 3. The summed E-state index contributed by atoms with van der Waals surface area (Å²) in [6.45, 7) is 1.38. The van der Waals surface area contributed by atoms with Gasteiger partial charge in [0.15, 0.2) is 0 Å². The van der Waals surface area contributed by atoms with Crippen LogP contribution in [0.3, 0.4) is 0 Å². The first-order chi connectivity index (χ1) is 11.5. The van der Waals surface area contributed by atoms with Crippen LogP contribution < -0.4 is 5.73 Å². The van der Waals surface area contributed by atoms with E-state index in [2.05, 4.69) is 0 Å². The quantitative estimate of drug-likeness (QED) is 0.815. The Morgan fingerprint density at radius 3 is 2.58 bits per heavy atom. The number of hydrogen-bond donors (Lipinski definition) is 1. The van der Waals surface area contributed by atoms with Crippen molar-refractivity contribution in [3.63, 3.8) is 0 Å². The molecule has 24 heavy (non-hydrogen) atoms. The van der Waals surface area contributed by atoms with Crippen molar-refractivity contribution < 1.29 is 4.79 Å². The fourth-order valence-electron chi connectivity index (χ4n) is 5.02. The average molecular weight is 367 g/mol. The first-order valence-electron chi connectivity index (χ1n) is 9.04. The van der Waals surface area contributed by atoms with E-state index in [1.54, 1.807) is 6.07 Å². The fraction of sp³-hybridized carbons (Fsp3) is 0.632. The van der Waals surface area contributed by atoms with Gasteiger partial charge in [-0.3, -0.25) is 4.79 Å². The van der Waals surface area contributed by atoms with Crippen molar-refractivity contribution in [2.24, 2.45) is 23.5 Å². The molecule has 3 aliphatic rings. The van der Waals surface area contributed by atoms with E-state index in [-0.39, 0.29) is 5.92 Å². The van der Waals surface area contributed by atoms with Crippen LogP contribution in [0.1, 0.15) is 43.2 Å². The van der Waals surface area contributed by atoms with E-state index in [1.165, 1.54) is 24.8 Å². The maximum absolute atomic E-state index is 13.1. The van der Waals surface area contributed by atoms with Crippen LogP contribution in [0, 0.1) is 17.8 Å². The zero-order chi connectivity index (χ0) is 16.8. The van der Waals surface area contributed by atoms with Crippen LogP contribution in [0.15, 0.2) is 12.1 Å². The number of nitrogens with two attached hydrogens (primary N) is 1. The van der Waals surface area contributed by atoms with E-state index in [4.69, 9.17) is 28.9 Å². The summed E-state index contributed by atoms with van der Waals surface area (Å²) in [6.07, 6.45) is 6.42. The first kappa shape index (κ1) is 16.7. The smallest absolute Gasteiger partial charge is 0.226 e. The van der Waals surface area contributed by atoms with Gasteiger partial charge in [-0.15, -0.1) is 0 Å². The second-order valence-corrected chi connectivity index (χ2v) is 8.58. The third-order valence-corrected chi connectivity index (χ3v) is 6.88. The van der Waals surface area contributed by atoms with Crippen molar-refractivity contribution in [1.82, 2.24) is 4.90 Å². The van der Waals surface area contributed by atoms with Gasteiger partial charge in [-0.2, -0.15) is 0 Å². The second kappa shape index (κ2) is 6.51. The molecule has 0 spiro atoms. The van der Waals surface area contributed by atoms with E-state index in [0.29, 0.717) is 40.4 Å². The largest absolute Gasteiger partial charge is 0.338 e. The zero-order valence-electron chi connectivity index (χ0n) is 13.8. The van der Waals surface area contributed by atoms with Crippen LogP contribution in [0.25, 0.3) is 0 Å². The lowest BCUT2D eigenvalue weighted by Crippen LogP contribution is -2.50. The Morgan fingerprint density at radius 2 is 1.88 bits per heavy atom. The Morgan fingerprint density at radius 1 is 1.17 bits per heavy atom. The number of halogens is 2. The van der Waals surface area contributed by atoms with Crippen molar-refractivity contribution in [2.75, 3.05) is 6.54 Å². The molecule has 1 amide bonds. The summed E-state index contributed by atoms with van der Waals surface area (Å²) in [5.41, 5.74) is 8.61. The molecule has 1 heterocycles. The van der Waals surface area contributed by atoms with Crippen molar-refractivity contribution in [1.29, 1.82) is 0 Å². The molecule has 0 saturated heterocycles. The van der Waals surface area contributed by atoms with Crippen LogP contribution in [-0.4, -0.2) is 23.4 Å². The van der Waals surface area contributed by atoms with Gasteiger partial charge in [0.25, 0.3) is 0 Å². The number of rotatable bonds is 1. The van der Waals surface area contributed by atoms with E-state index in [9.17, 15) is 4.79 Å². The molecule has 1 aromatic carbocycles. The third kappa shape index (κ3) is 2.95. The minimum Gasteiger partial charge on any atom is -0.338 e. The molecule has 3 nitrogen and oxygen atoms in total. The van der Waals surface area contributed by atoms with Gasteiger partial charge in [-0.25, -0.2) is 0 Å². The predicted octanol–water partition coefficient (Wildman–Crippen LogP) is 4.03. The van der Waals surface area contributed by atoms with Gasteiger partial charge in [0.2, 0.25) is 5.91 Å². The SMILES string of the molecule is NC1C2CCCC1CC(C(=O)N1CCc3cc(Cl)cc(Cl)c3C1)C2. The van der Waals surface area contributed by atoms with Crippen LogP contribution in [-0.2, 0) is 17.8 Å². The first-order valence-corrected chi connectivity index (χ1v) is 9.79. The highest BCUT2D eigenvalue weighted by atomic mass is 35.5. The summed E-state index contributed by atoms with van der Waals surface area (Å²) >= 11 is 12.5. The molecule has 2 fully saturated rings. The molecule has 2 bridgehead atoms. The molecule has 2 atom stereocenters. The number of carbonyl (C=O) groups excluding carboxylic acids is 1. The second-order valence-electron chi connectivity index (χ2n) is 7.73. The predicted molar refractivity (Wildman–Crippen MR) is 97.1 cm³/mol. The van der Waals surface area contributed by atoms with E-state index in [1.807, 2.05) is 11.0 Å². The van der Waals surface area contributed by atoms with Crippen molar-refractivity contribution in [3.8, 4) is 0 Å². The van der Waals surface area contributed by atoms with E-state index in [0.717, 1.165) is 31.4 Å². The summed E-state index contributed by atoms with van der Waals surface area (Å²) < 4.78 is 0. The highest BCUT2D eigenvalue weighted by Crippen LogP contribution is 2.43. The Balaban J connectivity index is 1.50. The molecule has 5 heteroatoms. The molecular weight excluding hydrogens is 343 g/mol. The standard InChI is InChI=1S/C19H24Cl2N2O/c20-15-8-11-4-5-23(10-16(11)17(21)9-15)19(24)14-6-12-2-1-3-13(7-14)18(12)22/h8-9,12-14,18H,1-7,10,22H2. The van der Waals surface area contributed by atoms with Crippen LogP contribution in [0.5, 0.6) is 0 Å². The minimum absolute atomic E-state index is 0.146. The number of hydrogen-bond acceptors (Lipinski definition) is 2. The summed E-state index contributed by atoms with van der Waals surface area (Å²) in [7, 11) is 0. The molecule has 130 valence electrons. The molecule has 0 radical (unpaired) electrons. The molecule has 1 aliphatic heterocycles. The lowest BCUT2D eigenvalue weighted by Gasteiger charge is -2.45. The Labute approximate surface area is 153 Å². The maximum atomic E-state index is 13.1. The number of carbonyl (C=O) groups is 1. The molecule has 2 unspecified atom stereocenters. The number of benzene rings is 1. The maximum Gasteiger partial charge on any atom is 0.226 e. The normalized spacial score (nSPS) is 32.4. The Hall–Kier alpha value is -0.770. The molecule has 2 N–H and O–H groups in total. The average Bonchev–Trinajstić information content (AvgIpc) is 2.53. The number of nitrogens with zero attached hydrogens (tertiary/aromatic N) is 1. The van der Waals surface area contributed by atoms with Crippen molar-refractivity contribution >= 4 is 29.1 Å². The van der Waals surface area contributed by atoms with Gasteiger partial charge in [0.05, 0.1) is 0 Å². The summed E-state index contributed by atoms with van der Waals surface area (Å²) in [6, 6.07) is 4.07. The molecular formula is C19H24Cl2N2O. The molecule has 1 aromatic rings. The minimum atomic E-state index is 0.146. The van der Waals surface area contributed by atoms with Crippen LogP contribution >= 0.6 is 23.2 Å². The monoisotopic (exact) mass is 366 g/mol. The topological polar surface area (TPSA) is 46.3 Å². The van der Waals surface area contributed by atoms with Crippen LogP contribution in [0.2, 0.25) is 10.0 Å². The van der Waals surface area contributed by atoms with Gasteiger partial charge in [0.1, 0.15) is 0 Å². The molecule has 2 saturated carbocycles. The summed E-state index contributed by atoms with van der Waals surface area (Å²) in [5, 5.41) is 1.35. The van der Waals surface area contributed by atoms with Crippen molar-refractivity contribution in [2.45, 2.75) is 51.1 Å². The van der Waals surface area contributed by atoms with Crippen molar-refractivity contribution in [3.05, 3.63) is 33.3 Å². The lowest BCUT2D eigenvalue weighted by molar-refractivity contribution is -0.139. The number of amides is 1. The molecule has 2 aliphatic carbocycles. The fourth-order valence-corrected chi connectivity index (χ4v) is 5.61.